The molecule has 0 bridgehead atoms. The van der Waals surface area contributed by atoms with Gasteiger partial charge in [-0.2, -0.15) is 0 Å². The summed E-state index contributed by atoms with van der Waals surface area (Å²) in [4.78, 5) is -0.105. The Hall–Kier alpha value is -0.890. The van der Waals surface area contributed by atoms with E-state index in [1.54, 1.807) is 0 Å². The van der Waals surface area contributed by atoms with Gasteiger partial charge in [0.05, 0.1) is 9.79 Å². The SMILES string of the molecule is O=S(=O)(Cl)c1ccc(S(=O)(=O)NCCC2=CCCC2)cc1. The first-order chi connectivity index (χ1) is 9.79. The minimum absolute atomic E-state index is 0.0203. The van der Waals surface area contributed by atoms with E-state index < -0.39 is 19.1 Å². The third-order valence-electron chi connectivity index (χ3n) is 3.29. The van der Waals surface area contributed by atoms with E-state index in [2.05, 4.69) is 10.8 Å². The van der Waals surface area contributed by atoms with E-state index in [1.807, 2.05) is 0 Å². The molecule has 0 heterocycles. The zero-order valence-electron chi connectivity index (χ0n) is 11.2. The average molecular weight is 350 g/mol. The molecule has 0 spiro atoms. The first kappa shape index (κ1) is 16.5. The van der Waals surface area contributed by atoms with Crippen LogP contribution in [0.5, 0.6) is 0 Å². The normalized spacial score (nSPS) is 16.0. The van der Waals surface area contributed by atoms with Crippen molar-refractivity contribution in [2.24, 2.45) is 0 Å². The molecule has 0 unspecified atom stereocenters. The molecule has 1 N–H and O–H groups in total. The van der Waals surface area contributed by atoms with Crippen molar-refractivity contribution in [2.45, 2.75) is 35.5 Å². The maximum Gasteiger partial charge on any atom is 0.261 e. The predicted molar refractivity (Wildman–Crippen MR) is 81.2 cm³/mol. The average Bonchev–Trinajstić information content (AvgIpc) is 2.91. The van der Waals surface area contributed by atoms with Crippen molar-refractivity contribution >= 4 is 29.8 Å². The van der Waals surface area contributed by atoms with E-state index in [0.29, 0.717) is 13.0 Å². The molecular formula is C13H16ClNO4S2. The van der Waals surface area contributed by atoms with E-state index in [9.17, 15) is 16.8 Å². The monoisotopic (exact) mass is 349 g/mol. The van der Waals surface area contributed by atoms with E-state index in [4.69, 9.17) is 10.7 Å². The molecule has 5 nitrogen and oxygen atoms in total. The smallest absolute Gasteiger partial charge is 0.211 e. The topological polar surface area (TPSA) is 80.3 Å². The molecule has 0 aromatic heterocycles. The summed E-state index contributed by atoms with van der Waals surface area (Å²) in [6.07, 6.45) is 6.08. The number of hydrogen-bond donors (Lipinski definition) is 1. The van der Waals surface area contributed by atoms with Gasteiger partial charge in [0.15, 0.2) is 0 Å². The summed E-state index contributed by atoms with van der Waals surface area (Å²) in [7, 11) is -2.29. The van der Waals surface area contributed by atoms with Gasteiger partial charge in [-0.3, -0.25) is 0 Å². The molecule has 0 saturated carbocycles. The molecule has 21 heavy (non-hydrogen) atoms. The second-order valence-electron chi connectivity index (χ2n) is 4.81. The minimum Gasteiger partial charge on any atom is -0.211 e. The molecule has 0 amide bonds. The lowest BCUT2D eigenvalue weighted by Gasteiger charge is -2.07. The largest absolute Gasteiger partial charge is 0.261 e. The third-order valence-corrected chi connectivity index (χ3v) is 6.14. The van der Waals surface area contributed by atoms with Crippen LogP contribution in [0.4, 0.5) is 0 Å². The van der Waals surface area contributed by atoms with Crippen LogP contribution in [0.3, 0.4) is 0 Å². The van der Waals surface area contributed by atoms with Gasteiger partial charge in [0.25, 0.3) is 9.05 Å². The summed E-state index contributed by atoms with van der Waals surface area (Å²) in [5.41, 5.74) is 1.28. The van der Waals surface area contributed by atoms with Crippen LogP contribution in [0.15, 0.2) is 45.7 Å². The molecule has 1 aromatic carbocycles. The first-order valence-corrected chi connectivity index (χ1v) is 10.3. The zero-order chi connectivity index (χ0) is 15.5. The molecule has 8 heteroatoms. The Morgan fingerprint density at radius 3 is 2.19 bits per heavy atom. The standard InChI is InChI=1S/C13H16ClNO4S2/c14-20(16,17)12-5-7-13(8-6-12)21(18,19)15-10-9-11-3-1-2-4-11/h3,5-8,15H,1-2,4,9-10H2. The van der Waals surface area contributed by atoms with Gasteiger partial charge in [-0.15, -0.1) is 0 Å². The van der Waals surface area contributed by atoms with Crippen LogP contribution in [-0.4, -0.2) is 23.4 Å². The van der Waals surface area contributed by atoms with Crippen LogP contribution in [0.2, 0.25) is 0 Å². The lowest BCUT2D eigenvalue weighted by molar-refractivity contribution is 0.580. The van der Waals surface area contributed by atoms with Crippen molar-refractivity contribution in [3.63, 3.8) is 0 Å². The number of halogens is 1. The predicted octanol–water partition coefficient (Wildman–Crippen LogP) is 2.39. The van der Waals surface area contributed by atoms with Gasteiger partial charge in [-0.05, 0) is 49.9 Å². The maximum absolute atomic E-state index is 12.1. The van der Waals surface area contributed by atoms with Crippen LogP contribution in [-0.2, 0) is 19.1 Å². The van der Waals surface area contributed by atoms with Gasteiger partial charge < -0.3 is 0 Å². The molecular weight excluding hydrogens is 334 g/mol. The summed E-state index contributed by atoms with van der Waals surface area (Å²) in [5, 5.41) is 0. The van der Waals surface area contributed by atoms with E-state index in [1.165, 1.54) is 29.8 Å². The lowest BCUT2D eigenvalue weighted by Crippen LogP contribution is -2.25. The molecule has 0 saturated heterocycles. The molecule has 1 aliphatic rings. The number of hydrogen-bond acceptors (Lipinski definition) is 4. The molecule has 0 aliphatic heterocycles. The van der Waals surface area contributed by atoms with Crippen LogP contribution >= 0.6 is 10.7 Å². The van der Waals surface area contributed by atoms with Crippen molar-refractivity contribution in [3.8, 4) is 0 Å². The summed E-state index contributed by atoms with van der Waals surface area (Å²) < 4.78 is 48.8. The molecule has 116 valence electrons. The van der Waals surface area contributed by atoms with Crippen LogP contribution in [0, 0.1) is 0 Å². The minimum atomic E-state index is -3.84. The Labute approximate surface area is 129 Å². The number of allylic oxidation sites excluding steroid dienone is 1. The summed E-state index contributed by atoms with van der Waals surface area (Å²) in [5.74, 6) is 0. The molecule has 1 aromatic rings. The quantitative estimate of drug-likeness (QED) is 0.631. The highest BCUT2D eigenvalue weighted by molar-refractivity contribution is 8.13. The Morgan fingerprint density at radius 2 is 1.67 bits per heavy atom. The van der Waals surface area contributed by atoms with Gasteiger partial charge in [-0.1, -0.05) is 11.6 Å². The zero-order valence-corrected chi connectivity index (χ0v) is 13.6. The van der Waals surface area contributed by atoms with Crippen molar-refractivity contribution in [1.82, 2.24) is 4.72 Å². The Morgan fingerprint density at radius 1 is 1.05 bits per heavy atom. The van der Waals surface area contributed by atoms with Gasteiger partial charge in [0.1, 0.15) is 0 Å². The second-order valence-corrected chi connectivity index (χ2v) is 9.14. The molecule has 2 rings (SSSR count). The van der Waals surface area contributed by atoms with E-state index in [0.717, 1.165) is 19.3 Å². The van der Waals surface area contributed by atoms with E-state index >= 15 is 0 Å². The van der Waals surface area contributed by atoms with Crippen molar-refractivity contribution in [3.05, 3.63) is 35.9 Å². The van der Waals surface area contributed by atoms with Crippen LogP contribution in [0.25, 0.3) is 0 Å². The fourth-order valence-corrected chi connectivity index (χ4v) is 3.98. The highest BCUT2D eigenvalue weighted by Gasteiger charge is 2.16. The van der Waals surface area contributed by atoms with Crippen LogP contribution in [0.1, 0.15) is 25.7 Å². The fourth-order valence-electron chi connectivity index (χ4n) is 2.18. The Balaban J connectivity index is 2.02. The first-order valence-electron chi connectivity index (χ1n) is 6.51. The number of nitrogens with one attached hydrogen (secondary N) is 1. The molecule has 1 aliphatic carbocycles. The Bertz CT molecular complexity index is 737. The van der Waals surface area contributed by atoms with E-state index in [-0.39, 0.29) is 9.79 Å². The summed E-state index contributed by atoms with van der Waals surface area (Å²) in [6.45, 7) is 0.337. The van der Waals surface area contributed by atoms with Crippen molar-refractivity contribution in [1.29, 1.82) is 0 Å². The summed E-state index contributed by atoms with van der Waals surface area (Å²) >= 11 is 0. The second kappa shape index (κ2) is 6.48. The van der Waals surface area contributed by atoms with Crippen LogP contribution < -0.4 is 4.72 Å². The van der Waals surface area contributed by atoms with Gasteiger partial charge in [0.2, 0.25) is 10.0 Å². The lowest BCUT2D eigenvalue weighted by atomic mass is 10.2. The molecule has 0 fully saturated rings. The highest BCUT2D eigenvalue weighted by atomic mass is 35.7. The summed E-state index contributed by atoms with van der Waals surface area (Å²) in [6, 6.07) is 4.81. The molecule has 0 radical (unpaired) electrons. The number of rotatable bonds is 6. The Kier molecular flexibility index (Phi) is 5.08. The maximum atomic E-state index is 12.1. The van der Waals surface area contributed by atoms with Gasteiger partial charge in [0, 0.05) is 17.2 Å². The third kappa shape index (κ3) is 4.54. The molecule has 0 atom stereocenters. The van der Waals surface area contributed by atoms with Gasteiger partial charge in [-0.25, -0.2) is 21.6 Å². The van der Waals surface area contributed by atoms with Crippen molar-refractivity contribution < 1.29 is 16.8 Å². The number of benzene rings is 1. The van der Waals surface area contributed by atoms with Gasteiger partial charge >= 0.3 is 0 Å². The van der Waals surface area contributed by atoms with Crippen molar-refractivity contribution in [2.75, 3.05) is 6.54 Å². The highest BCUT2D eigenvalue weighted by Crippen LogP contribution is 2.21. The fraction of sp³-hybridized carbons (Fsp3) is 0.385. The number of sulfonamides is 1.